The van der Waals surface area contributed by atoms with E-state index in [1.54, 1.807) is 0 Å². The molecule has 0 aliphatic carbocycles. The molecule has 1 aromatic heterocycles. The van der Waals surface area contributed by atoms with Crippen LogP contribution in [0, 0.1) is 11.6 Å². The van der Waals surface area contributed by atoms with E-state index in [1.165, 1.54) is 0 Å². The second-order valence-corrected chi connectivity index (χ2v) is 3.66. The number of alkyl halides is 3. The molecule has 0 unspecified atom stereocenters. The zero-order valence-electron chi connectivity index (χ0n) is 9.58. The molecule has 0 radical (unpaired) electrons. The standard InChI is InChI=1S/C11H6F5N3O/c12-5-1-6(13)3-7(2-5)20-9-4-8(17)18-10(19-9)11(14,15)16/h1-4H,(H2,17,18,19). The Hall–Kier alpha value is -2.45. The molecule has 0 saturated carbocycles. The van der Waals surface area contributed by atoms with Gasteiger partial charge in [0.25, 0.3) is 0 Å². The molecule has 106 valence electrons. The first-order valence-electron chi connectivity index (χ1n) is 5.10. The molecule has 20 heavy (non-hydrogen) atoms. The zero-order valence-corrected chi connectivity index (χ0v) is 9.58. The Morgan fingerprint density at radius 3 is 2.10 bits per heavy atom. The zero-order chi connectivity index (χ0) is 14.9. The predicted octanol–water partition coefficient (Wildman–Crippen LogP) is 3.15. The number of nitrogens with zero attached hydrogens (tertiary/aromatic N) is 2. The van der Waals surface area contributed by atoms with Crippen molar-refractivity contribution in [2.45, 2.75) is 6.18 Å². The van der Waals surface area contributed by atoms with Crippen LogP contribution in [0.3, 0.4) is 0 Å². The van der Waals surface area contributed by atoms with Gasteiger partial charge in [0.05, 0.1) is 0 Å². The number of nitrogen functional groups attached to an aromatic ring is 1. The highest BCUT2D eigenvalue weighted by atomic mass is 19.4. The van der Waals surface area contributed by atoms with Crippen molar-refractivity contribution in [2.75, 3.05) is 5.73 Å². The first-order valence-corrected chi connectivity index (χ1v) is 5.10. The Bertz CT molecular complexity index is 624. The maximum atomic E-state index is 12.9. The van der Waals surface area contributed by atoms with E-state index in [0.29, 0.717) is 6.07 Å². The minimum absolute atomic E-state index is 0.353. The number of benzene rings is 1. The van der Waals surface area contributed by atoms with Gasteiger partial charge in [-0.25, -0.2) is 13.8 Å². The summed E-state index contributed by atoms with van der Waals surface area (Å²) in [5.41, 5.74) is 5.19. The third-order valence-electron chi connectivity index (χ3n) is 2.03. The molecule has 0 fully saturated rings. The van der Waals surface area contributed by atoms with Crippen LogP contribution < -0.4 is 10.5 Å². The van der Waals surface area contributed by atoms with E-state index in [0.717, 1.165) is 18.2 Å². The van der Waals surface area contributed by atoms with Crippen molar-refractivity contribution in [1.29, 1.82) is 0 Å². The van der Waals surface area contributed by atoms with E-state index in [1.807, 2.05) is 0 Å². The van der Waals surface area contributed by atoms with E-state index in [9.17, 15) is 22.0 Å². The normalized spacial score (nSPS) is 11.4. The van der Waals surface area contributed by atoms with E-state index < -0.39 is 35.3 Å². The second kappa shape index (κ2) is 4.91. The molecule has 0 amide bonds. The largest absolute Gasteiger partial charge is 0.451 e. The molecule has 2 aromatic rings. The molecular weight excluding hydrogens is 285 g/mol. The van der Waals surface area contributed by atoms with Gasteiger partial charge in [-0.3, -0.25) is 0 Å². The smallest absolute Gasteiger partial charge is 0.439 e. The van der Waals surface area contributed by atoms with Crippen LogP contribution in [0.2, 0.25) is 0 Å². The minimum atomic E-state index is -4.82. The Labute approximate surface area is 109 Å². The molecule has 0 bridgehead atoms. The molecule has 4 nitrogen and oxygen atoms in total. The van der Waals surface area contributed by atoms with Gasteiger partial charge in [-0.1, -0.05) is 0 Å². The van der Waals surface area contributed by atoms with Crippen LogP contribution in [-0.2, 0) is 6.18 Å². The molecular formula is C11H6F5N3O. The highest BCUT2D eigenvalue weighted by Crippen LogP contribution is 2.30. The Balaban J connectivity index is 2.36. The van der Waals surface area contributed by atoms with Gasteiger partial charge in [0.15, 0.2) is 0 Å². The van der Waals surface area contributed by atoms with E-state index in [-0.39, 0.29) is 5.75 Å². The van der Waals surface area contributed by atoms with Crippen molar-refractivity contribution in [3.63, 3.8) is 0 Å². The number of nitrogens with two attached hydrogens (primary N) is 1. The molecule has 2 rings (SSSR count). The summed E-state index contributed by atoms with van der Waals surface area (Å²) in [7, 11) is 0. The molecule has 0 atom stereocenters. The molecule has 9 heteroatoms. The fourth-order valence-electron chi connectivity index (χ4n) is 1.33. The van der Waals surface area contributed by atoms with Crippen LogP contribution in [-0.4, -0.2) is 9.97 Å². The van der Waals surface area contributed by atoms with Gasteiger partial charge >= 0.3 is 6.18 Å². The predicted molar refractivity (Wildman–Crippen MR) is 57.9 cm³/mol. The van der Waals surface area contributed by atoms with Crippen molar-refractivity contribution in [2.24, 2.45) is 0 Å². The molecule has 1 heterocycles. The number of anilines is 1. The number of hydrogen-bond donors (Lipinski definition) is 1. The number of hydrogen-bond acceptors (Lipinski definition) is 4. The van der Waals surface area contributed by atoms with Crippen LogP contribution in [0.25, 0.3) is 0 Å². The van der Waals surface area contributed by atoms with Crippen LogP contribution in [0.15, 0.2) is 24.3 Å². The maximum Gasteiger partial charge on any atom is 0.451 e. The third-order valence-corrected chi connectivity index (χ3v) is 2.03. The molecule has 2 N–H and O–H groups in total. The monoisotopic (exact) mass is 291 g/mol. The van der Waals surface area contributed by atoms with Gasteiger partial charge in [-0.2, -0.15) is 18.2 Å². The molecule has 1 aromatic carbocycles. The van der Waals surface area contributed by atoms with Crippen molar-refractivity contribution in [3.8, 4) is 11.6 Å². The van der Waals surface area contributed by atoms with Crippen molar-refractivity contribution < 1.29 is 26.7 Å². The quantitative estimate of drug-likeness (QED) is 0.863. The number of halogens is 5. The van der Waals surface area contributed by atoms with Gasteiger partial charge in [-0.05, 0) is 0 Å². The van der Waals surface area contributed by atoms with Gasteiger partial charge < -0.3 is 10.5 Å². The van der Waals surface area contributed by atoms with Crippen LogP contribution in [0.1, 0.15) is 5.82 Å². The van der Waals surface area contributed by atoms with Crippen LogP contribution >= 0.6 is 0 Å². The minimum Gasteiger partial charge on any atom is -0.439 e. The average Bonchev–Trinajstić information content (AvgIpc) is 2.25. The second-order valence-electron chi connectivity index (χ2n) is 3.66. The first-order chi connectivity index (χ1) is 9.24. The van der Waals surface area contributed by atoms with Crippen LogP contribution in [0.4, 0.5) is 27.8 Å². The lowest BCUT2D eigenvalue weighted by molar-refractivity contribution is -0.145. The number of ether oxygens (including phenoxy) is 1. The summed E-state index contributed by atoms with van der Waals surface area (Å²) in [6.45, 7) is 0. The SMILES string of the molecule is Nc1cc(Oc2cc(F)cc(F)c2)nc(C(F)(F)F)n1. The lowest BCUT2D eigenvalue weighted by atomic mass is 10.3. The summed E-state index contributed by atoms with van der Waals surface area (Å²) < 4.78 is 68.1. The van der Waals surface area contributed by atoms with Crippen LogP contribution in [0.5, 0.6) is 11.6 Å². The van der Waals surface area contributed by atoms with Gasteiger partial charge in [0, 0.05) is 24.3 Å². The van der Waals surface area contributed by atoms with Crippen molar-refractivity contribution >= 4 is 5.82 Å². The molecule has 0 aliphatic heterocycles. The molecule has 0 aliphatic rings. The summed E-state index contributed by atoms with van der Waals surface area (Å²) >= 11 is 0. The van der Waals surface area contributed by atoms with Crippen molar-refractivity contribution in [1.82, 2.24) is 9.97 Å². The van der Waals surface area contributed by atoms with E-state index >= 15 is 0 Å². The Morgan fingerprint density at radius 1 is 0.950 bits per heavy atom. The topological polar surface area (TPSA) is 61.0 Å². The fourth-order valence-corrected chi connectivity index (χ4v) is 1.33. The lowest BCUT2D eigenvalue weighted by Gasteiger charge is -2.09. The summed E-state index contributed by atoms with van der Waals surface area (Å²) in [5.74, 6) is -4.82. The third kappa shape index (κ3) is 3.31. The van der Waals surface area contributed by atoms with Gasteiger partial charge in [0.1, 0.15) is 23.2 Å². The summed E-state index contributed by atoms with van der Waals surface area (Å²) in [6.07, 6.45) is -4.82. The lowest BCUT2D eigenvalue weighted by Crippen LogP contribution is -2.12. The van der Waals surface area contributed by atoms with Gasteiger partial charge in [-0.15, -0.1) is 0 Å². The number of aromatic nitrogens is 2. The fraction of sp³-hybridized carbons (Fsp3) is 0.0909. The average molecular weight is 291 g/mol. The molecule has 0 saturated heterocycles. The maximum absolute atomic E-state index is 12.9. The summed E-state index contributed by atoms with van der Waals surface area (Å²) in [6, 6.07) is 3.06. The summed E-state index contributed by atoms with van der Waals surface area (Å²) in [5, 5.41) is 0. The van der Waals surface area contributed by atoms with Gasteiger partial charge in [0.2, 0.25) is 11.7 Å². The summed E-state index contributed by atoms with van der Waals surface area (Å²) in [4.78, 5) is 6.07. The first kappa shape index (κ1) is 14.0. The highest BCUT2D eigenvalue weighted by Gasteiger charge is 2.35. The Morgan fingerprint density at radius 2 is 1.55 bits per heavy atom. The molecule has 0 spiro atoms. The van der Waals surface area contributed by atoms with E-state index in [4.69, 9.17) is 10.5 Å². The van der Waals surface area contributed by atoms with Crippen molar-refractivity contribution in [3.05, 3.63) is 41.7 Å². The van der Waals surface area contributed by atoms with E-state index in [2.05, 4.69) is 9.97 Å². The highest BCUT2D eigenvalue weighted by molar-refractivity contribution is 5.36. The number of rotatable bonds is 2. The Kier molecular flexibility index (Phi) is 3.43.